The minimum Gasteiger partial charge on any atom is -0.487 e. The number of fused-ring (bicyclic) bond motifs is 9. The Bertz CT molecular complexity index is 1130. The van der Waals surface area contributed by atoms with Gasteiger partial charge < -0.3 is 9.47 Å². The Kier molecular flexibility index (Phi) is 5.25. The number of hydrogen-bond donors (Lipinski definition) is 0. The smallest absolute Gasteiger partial charge is 0.419 e. The van der Waals surface area contributed by atoms with Crippen molar-refractivity contribution in [2.45, 2.75) is 57.7 Å². The summed E-state index contributed by atoms with van der Waals surface area (Å²) in [5, 5.41) is 0. The second-order valence-electron chi connectivity index (χ2n) is 11.6. The molecule has 186 valence electrons. The first-order valence-electron chi connectivity index (χ1n) is 12.8. The van der Waals surface area contributed by atoms with Crippen LogP contribution in [0.15, 0.2) is 48.5 Å². The molecule has 3 nitrogen and oxygen atoms in total. The molecule has 6 heteroatoms. The number of carbonyl (C=O) groups is 1. The highest BCUT2D eigenvalue weighted by molar-refractivity contribution is 5.91. The molecule has 7 unspecified atom stereocenters. The molecule has 35 heavy (non-hydrogen) atoms. The molecule has 4 fully saturated rings. The number of ether oxygens (including phenoxy) is 2. The van der Waals surface area contributed by atoms with Gasteiger partial charge in [0.15, 0.2) is 0 Å². The molecule has 0 spiro atoms. The zero-order valence-electron chi connectivity index (χ0n) is 20.1. The number of halogens is 3. The number of hydrogen-bond acceptors (Lipinski definition) is 3. The predicted octanol–water partition coefficient (Wildman–Crippen LogP) is 7.40. The average molecular weight is 485 g/mol. The van der Waals surface area contributed by atoms with Crippen molar-refractivity contribution in [2.75, 3.05) is 0 Å². The molecule has 4 bridgehead atoms. The third-order valence-corrected chi connectivity index (χ3v) is 9.48. The van der Waals surface area contributed by atoms with Crippen LogP contribution in [-0.2, 0) is 6.18 Å². The van der Waals surface area contributed by atoms with Crippen LogP contribution in [0.4, 0.5) is 13.2 Å². The molecule has 0 heterocycles. The summed E-state index contributed by atoms with van der Waals surface area (Å²) in [5.74, 6) is 3.96. The van der Waals surface area contributed by atoms with Gasteiger partial charge in [0.1, 0.15) is 17.1 Å². The lowest BCUT2D eigenvalue weighted by atomic mass is 9.64. The first-order valence-corrected chi connectivity index (χ1v) is 12.8. The van der Waals surface area contributed by atoms with Gasteiger partial charge in [0.2, 0.25) is 0 Å². The fourth-order valence-electron chi connectivity index (χ4n) is 8.35. The van der Waals surface area contributed by atoms with Gasteiger partial charge >= 0.3 is 12.1 Å². The van der Waals surface area contributed by atoms with Crippen molar-refractivity contribution < 1.29 is 27.4 Å². The maximum absolute atomic E-state index is 13.9. The highest BCUT2D eigenvalue weighted by Crippen LogP contribution is 2.70. The SMILES string of the molecule is CC(C)(Oc1cc(C(=O)Oc2ccccc2)ccc1C(F)(F)F)C1CC2CC1C1C3CCC(C3)C21. The van der Waals surface area contributed by atoms with Gasteiger partial charge in [0.25, 0.3) is 0 Å². The summed E-state index contributed by atoms with van der Waals surface area (Å²) in [5.41, 5.74) is -1.59. The number of alkyl halides is 3. The second kappa shape index (κ2) is 8.01. The van der Waals surface area contributed by atoms with E-state index >= 15 is 0 Å². The van der Waals surface area contributed by atoms with Crippen LogP contribution in [0.3, 0.4) is 0 Å². The lowest BCUT2D eigenvalue weighted by Gasteiger charge is -2.45. The predicted molar refractivity (Wildman–Crippen MR) is 125 cm³/mol. The van der Waals surface area contributed by atoms with Gasteiger partial charge in [-0.1, -0.05) is 18.2 Å². The van der Waals surface area contributed by atoms with Crippen molar-refractivity contribution >= 4 is 5.97 Å². The summed E-state index contributed by atoms with van der Waals surface area (Å²) in [7, 11) is 0. The van der Waals surface area contributed by atoms with Crippen LogP contribution < -0.4 is 9.47 Å². The molecule has 4 saturated carbocycles. The fraction of sp³-hybridized carbons (Fsp3) is 0.552. The van der Waals surface area contributed by atoms with E-state index in [4.69, 9.17) is 9.47 Å². The van der Waals surface area contributed by atoms with Crippen LogP contribution in [0.2, 0.25) is 0 Å². The van der Waals surface area contributed by atoms with Gasteiger partial charge in [-0.25, -0.2) is 4.79 Å². The van der Waals surface area contributed by atoms with Crippen LogP contribution in [0.25, 0.3) is 0 Å². The van der Waals surface area contributed by atoms with E-state index in [1.54, 1.807) is 30.3 Å². The van der Waals surface area contributed by atoms with Gasteiger partial charge in [0, 0.05) is 5.92 Å². The maximum atomic E-state index is 13.9. The molecule has 4 aliphatic carbocycles. The normalized spacial score (nSPS) is 33.1. The molecule has 7 atom stereocenters. The van der Waals surface area contributed by atoms with Crippen molar-refractivity contribution in [3.8, 4) is 11.5 Å². The van der Waals surface area contributed by atoms with E-state index in [0.717, 1.165) is 42.2 Å². The van der Waals surface area contributed by atoms with Crippen LogP contribution in [0.5, 0.6) is 11.5 Å². The van der Waals surface area contributed by atoms with Gasteiger partial charge in [-0.05, 0) is 112 Å². The summed E-state index contributed by atoms with van der Waals surface area (Å²) in [6.07, 6.45) is 1.65. The minimum absolute atomic E-state index is 0.0359. The van der Waals surface area contributed by atoms with Crippen LogP contribution >= 0.6 is 0 Å². The molecule has 0 amide bonds. The van der Waals surface area contributed by atoms with E-state index in [-0.39, 0.29) is 17.2 Å². The highest BCUT2D eigenvalue weighted by Gasteiger charge is 2.64. The topological polar surface area (TPSA) is 35.5 Å². The number of carbonyl (C=O) groups excluding carboxylic acids is 1. The number of esters is 1. The van der Waals surface area contributed by atoms with Crippen molar-refractivity contribution in [3.05, 3.63) is 59.7 Å². The third kappa shape index (κ3) is 3.84. The molecule has 2 aromatic rings. The Morgan fingerprint density at radius 3 is 2.31 bits per heavy atom. The summed E-state index contributed by atoms with van der Waals surface area (Å²) in [6, 6.07) is 11.8. The Labute approximate surface area is 204 Å². The average Bonchev–Trinajstić information content (AvgIpc) is 3.58. The maximum Gasteiger partial charge on any atom is 0.419 e. The van der Waals surface area contributed by atoms with Gasteiger partial charge in [-0.2, -0.15) is 13.2 Å². The number of rotatable bonds is 5. The van der Waals surface area contributed by atoms with Crippen LogP contribution in [-0.4, -0.2) is 11.6 Å². The third-order valence-electron chi connectivity index (χ3n) is 9.48. The van der Waals surface area contributed by atoms with E-state index in [1.165, 1.54) is 31.7 Å². The Morgan fingerprint density at radius 1 is 0.886 bits per heavy atom. The molecule has 0 saturated heterocycles. The second-order valence-corrected chi connectivity index (χ2v) is 11.6. The van der Waals surface area contributed by atoms with E-state index in [0.29, 0.717) is 17.6 Å². The van der Waals surface area contributed by atoms with E-state index in [9.17, 15) is 18.0 Å². The van der Waals surface area contributed by atoms with Gasteiger partial charge in [-0.3, -0.25) is 0 Å². The molecule has 6 rings (SSSR count). The monoisotopic (exact) mass is 484 g/mol. The molecule has 4 aliphatic rings. The molecule has 0 aromatic heterocycles. The lowest BCUT2D eigenvalue weighted by molar-refractivity contribution is -0.140. The van der Waals surface area contributed by atoms with Gasteiger partial charge in [0.05, 0.1) is 11.1 Å². The van der Waals surface area contributed by atoms with E-state index in [2.05, 4.69) is 0 Å². The first-order chi connectivity index (χ1) is 16.6. The Hall–Kier alpha value is -2.50. The number of para-hydroxylation sites is 1. The zero-order valence-corrected chi connectivity index (χ0v) is 20.1. The highest BCUT2D eigenvalue weighted by atomic mass is 19.4. The van der Waals surface area contributed by atoms with Crippen LogP contribution in [0, 0.1) is 41.4 Å². The Morgan fingerprint density at radius 2 is 1.60 bits per heavy atom. The summed E-state index contributed by atoms with van der Waals surface area (Å²) in [4.78, 5) is 12.7. The molecule has 0 N–H and O–H groups in total. The number of benzene rings is 2. The van der Waals surface area contributed by atoms with Crippen molar-refractivity contribution in [2.24, 2.45) is 41.4 Å². The van der Waals surface area contributed by atoms with E-state index < -0.39 is 23.3 Å². The summed E-state index contributed by atoms with van der Waals surface area (Å²) < 4.78 is 53.3. The zero-order chi connectivity index (χ0) is 24.5. The van der Waals surface area contributed by atoms with E-state index in [1.807, 2.05) is 13.8 Å². The molecule has 0 radical (unpaired) electrons. The summed E-state index contributed by atoms with van der Waals surface area (Å²) in [6.45, 7) is 3.85. The minimum atomic E-state index is -4.59. The summed E-state index contributed by atoms with van der Waals surface area (Å²) >= 11 is 0. The largest absolute Gasteiger partial charge is 0.487 e. The Balaban J connectivity index is 1.26. The standard InChI is InChI=1S/C29H31F3O3/c1-28(2,23-14-19-13-21(23)26-17-9-8-16(12-17)25(19)26)35-24-15-18(10-11-22(24)29(30,31)32)27(33)34-20-6-4-3-5-7-20/h3-7,10-11,15-17,19,21,23,25-26H,8-9,12-14H2,1-2H3. The molecule has 0 aliphatic heterocycles. The lowest BCUT2D eigenvalue weighted by Crippen LogP contribution is -2.45. The van der Waals surface area contributed by atoms with Crippen molar-refractivity contribution in [1.82, 2.24) is 0 Å². The molecule has 2 aromatic carbocycles. The molecular formula is C29H31F3O3. The fourth-order valence-corrected chi connectivity index (χ4v) is 8.35. The first kappa shape index (κ1) is 22.9. The quantitative estimate of drug-likeness (QED) is 0.252. The van der Waals surface area contributed by atoms with Gasteiger partial charge in [-0.15, -0.1) is 0 Å². The van der Waals surface area contributed by atoms with Crippen molar-refractivity contribution in [1.29, 1.82) is 0 Å². The van der Waals surface area contributed by atoms with Crippen molar-refractivity contribution in [3.63, 3.8) is 0 Å². The van der Waals surface area contributed by atoms with Crippen LogP contribution in [0.1, 0.15) is 61.9 Å². The molecular weight excluding hydrogens is 453 g/mol.